The van der Waals surface area contributed by atoms with Gasteiger partial charge in [0.15, 0.2) is 6.54 Å². The Hall–Kier alpha value is -5.14. The van der Waals surface area contributed by atoms with E-state index in [2.05, 4.69) is 15.8 Å². The molecule has 0 fully saturated rings. The van der Waals surface area contributed by atoms with Gasteiger partial charge in [-0.1, -0.05) is 17.3 Å². The standard InChI is InChI=1S/C26H27N5O9/c1-14-7-16(8-15(2)24(14)37)25(38)29-18-11-30(22(34)10-27-40)19-5-3-4-6-20(19)31(26(18)39)12-21(33)28-17(13-32)9-23(35)36/h3-8,13,17-18,37H,9-12H2,1-2H3,(H,28,33)(H,29,38)(H,35,36). The van der Waals surface area contributed by atoms with Gasteiger partial charge in [-0.2, -0.15) is 4.91 Å². The van der Waals surface area contributed by atoms with Gasteiger partial charge in [-0.25, -0.2) is 0 Å². The van der Waals surface area contributed by atoms with Gasteiger partial charge in [0.2, 0.25) is 5.91 Å². The van der Waals surface area contributed by atoms with Crippen molar-refractivity contribution in [2.75, 3.05) is 29.4 Å². The van der Waals surface area contributed by atoms with Gasteiger partial charge in [0.05, 0.1) is 30.4 Å². The predicted molar refractivity (Wildman–Crippen MR) is 141 cm³/mol. The molecule has 0 aromatic heterocycles. The molecule has 0 spiro atoms. The Bertz CT molecular complexity index is 1350. The number of rotatable bonds is 10. The summed E-state index contributed by atoms with van der Waals surface area (Å²) in [5, 5.41) is 26.4. The summed E-state index contributed by atoms with van der Waals surface area (Å²) < 4.78 is 0. The van der Waals surface area contributed by atoms with Gasteiger partial charge in [-0.15, -0.1) is 0 Å². The smallest absolute Gasteiger partial charge is 0.305 e. The zero-order valence-corrected chi connectivity index (χ0v) is 21.6. The number of nitrogens with one attached hydrogen (secondary N) is 2. The first-order chi connectivity index (χ1) is 19.0. The quantitative estimate of drug-likeness (QED) is 0.237. The molecule has 4 amide bonds. The largest absolute Gasteiger partial charge is 0.507 e. The number of nitroso groups, excluding NO2 is 1. The van der Waals surface area contributed by atoms with Crippen molar-refractivity contribution < 1.29 is 39.0 Å². The number of nitrogens with zero attached hydrogens (tertiary/aromatic N) is 3. The third-order valence-electron chi connectivity index (χ3n) is 6.16. The highest BCUT2D eigenvalue weighted by Gasteiger charge is 2.38. The maximum absolute atomic E-state index is 13.8. The molecule has 2 aromatic carbocycles. The fourth-order valence-corrected chi connectivity index (χ4v) is 4.28. The number of carbonyl (C=O) groups excluding carboxylic acids is 5. The van der Waals surface area contributed by atoms with E-state index in [-0.39, 0.29) is 29.0 Å². The Labute approximate surface area is 227 Å². The van der Waals surface area contributed by atoms with E-state index in [0.29, 0.717) is 11.1 Å². The number of phenolic OH excluding ortho intramolecular Hbond substituents is 1. The number of para-hydroxylation sites is 2. The number of fused-ring (bicyclic) bond motifs is 1. The number of hydrogen-bond donors (Lipinski definition) is 4. The van der Waals surface area contributed by atoms with Crippen molar-refractivity contribution in [3.8, 4) is 5.75 Å². The fourth-order valence-electron chi connectivity index (χ4n) is 4.28. The Morgan fingerprint density at radius 1 is 1.12 bits per heavy atom. The molecule has 210 valence electrons. The van der Waals surface area contributed by atoms with Crippen LogP contribution in [0.5, 0.6) is 5.75 Å². The highest BCUT2D eigenvalue weighted by molar-refractivity contribution is 6.11. The van der Waals surface area contributed by atoms with Crippen LogP contribution in [-0.4, -0.2) is 77.8 Å². The number of carboxylic acids is 1. The van der Waals surface area contributed by atoms with Crippen LogP contribution in [0.4, 0.5) is 11.4 Å². The lowest BCUT2D eigenvalue weighted by atomic mass is 10.0. The number of aldehydes is 1. The molecule has 3 rings (SSSR count). The summed E-state index contributed by atoms with van der Waals surface area (Å²) in [7, 11) is 0. The van der Waals surface area contributed by atoms with E-state index in [0.717, 1.165) is 9.80 Å². The second-order valence-electron chi connectivity index (χ2n) is 9.10. The minimum Gasteiger partial charge on any atom is -0.507 e. The number of aliphatic carboxylic acids is 1. The third-order valence-corrected chi connectivity index (χ3v) is 6.16. The maximum Gasteiger partial charge on any atom is 0.305 e. The molecule has 40 heavy (non-hydrogen) atoms. The minimum absolute atomic E-state index is 0.00407. The van der Waals surface area contributed by atoms with Crippen molar-refractivity contribution in [1.82, 2.24) is 10.6 Å². The molecule has 2 unspecified atom stereocenters. The van der Waals surface area contributed by atoms with Crippen molar-refractivity contribution in [2.45, 2.75) is 32.4 Å². The molecule has 1 aliphatic rings. The average molecular weight is 554 g/mol. The molecule has 2 atom stereocenters. The Kier molecular flexibility index (Phi) is 9.27. The van der Waals surface area contributed by atoms with Gasteiger partial charge < -0.3 is 30.5 Å². The van der Waals surface area contributed by atoms with E-state index < -0.39 is 67.7 Å². The van der Waals surface area contributed by atoms with Crippen molar-refractivity contribution >= 4 is 47.3 Å². The molecule has 4 N–H and O–H groups in total. The maximum atomic E-state index is 13.8. The highest BCUT2D eigenvalue weighted by atomic mass is 16.4. The number of amides is 4. The summed E-state index contributed by atoms with van der Waals surface area (Å²) >= 11 is 0. The Balaban J connectivity index is 2.00. The number of carboxylic acid groups (broad SMARTS) is 1. The number of aryl methyl sites for hydroxylation is 2. The lowest BCUT2D eigenvalue weighted by molar-refractivity contribution is -0.139. The number of phenols is 1. The first kappa shape index (κ1) is 29.4. The van der Waals surface area contributed by atoms with Crippen molar-refractivity contribution in [1.29, 1.82) is 0 Å². The third kappa shape index (κ3) is 6.64. The second kappa shape index (κ2) is 12.6. The Morgan fingerprint density at radius 3 is 2.33 bits per heavy atom. The molecule has 0 aliphatic carbocycles. The molecule has 0 bridgehead atoms. The van der Waals surface area contributed by atoms with Crippen molar-refractivity contribution in [3.63, 3.8) is 0 Å². The number of carbonyl (C=O) groups is 6. The normalized spacial score (nSPS) is 15.3. The summed E-state index contributed by atoms with van der Waals surface area (Å²) in [6.45, 7) is 1.35. The number of anilines is 2. The molecular formula is C26H27N5O9. The predicted octanol–water partition coefficient (Wildman–Crippen LogP) is 0.412. The van der Waals surface area contributed by atoms with Crippen LogP contribution in [0.3, 0.4) is 0 Å². The van der Waals surface area contributed by atoms with Crippen LogP contribution >= 0.6 is 0 Å². The lowest BCUT2D eigenvalue weighted by Gasteiger charge is -2.25. The van der Waals surface area contributed by atoms with E-state index in [1.807, 2.05) is 0 Å². The molecular weight excluding hydrogens is 526 g/mol. The average Bonchev–Trinajstić information content (AvgIpc) is 3.01. The van der Waals surface area contributed by atoms with E-state index >= 15 is 0 Å². The summed E-state index contributed by atoms with van der Waals surface area (Å²) in [5.41, 5.74) is 1.21. The van der Waals surface area contributed by atoms with Crippen LogP contribution in [0.2, 0.25) is 0 Å². The zero-order valence-electron chi connectivity index (χ0n) is 21.6. The summed E-state index contributed by atoms with van der Waals surface area (Å²) in [6.07, 6.45) is -0.424. The van der Waals surface area contributed by atoms with Crippen molar-refractivity contribution in [2.24, 2.45) is 5.18 Å². The number of hydrogen-bond acceptors (Lipinski definition) is 9. The van der Waals surface area contributed by atoms with Crippen LogP contribution in [0.15, 0.2) is 41.6 Å². The first-order valence-corrected chi connectivity index (χ1v) is 12.0. The second-order valence-corrected chi connectivity index (χ2v) is 9.10. The monoisotopic (exact) mass is 553 g/mol. The number of benzene rings is 2. The van der Waals surface area contributed by atoms with E-state index in [1.54, 1.807) is 19.9 Å². The first-order valence-electron chi connectivity index (χ1n) is 12.0. The lowest BCUT2D eigenvalue weighted by Crippen LogP contribution is -2.55. The van der Waals surface area contributed by atoms with Gasteiger partial charge in [0.1, 0.15) is 24.6 Å². The van der Waals surface area contributed by atoms with Gasteiger partial charge in [0, 0.05) is 5.56 Å². The molecule has 1 aliphatic heterocycles. The van der Waals surface area contributed by atoms with Crippen LogP contribution in [0.1, 0.15) is 27.9 Å². The molecule has 2 aromatic rings. The molecule has 14 nitrogen and oxygen atoms in total. The number of aromatic hydroxyl groups is 1. The topological polar surface area (TPSA) is 203 Å². The minimum atomic E-state index is -1.40. The Morgan fingerprint density at radius 2 is 1.75 bits per heavy atom. The van der Waals surface area contributed by atoms with Gasteiger partial charge >= 0.3 is 5.97 Å². The molecule has 0 saturated carbocycles. The molecule has 1 heterocycles. The fraction of sp³-hybridized carbons (Fsp3) is 0.308. The van der Waals surface area contributed by atoms with Gasteiger partial charge in [-0.3, -0.25) is 28.9 Å². The van der Waals surface area contributed by atoms with Crippen LogP contribution in [0, 0.1) is 18.8 Å². The van der Waals surface area contributed by atoms with E-state index in [4.69, 9.17) is 5.11 Å². The molecule has 0 saturated heterocycles. The van der Waals surface area contributed by atoms with Gasteiger partial charge in [-0.05, 0) is 49.2 Å². The molecule has 14 heteroatoms. The SMILES string of the molecule is Cc1cc(C(=O)NC2CN(C(=O)CN=O)c3ccccc3N(CC(=O)NC(C=O)CC(=O)O)C2=O)cc(C)c1O. The summed E-state index contributed by atoms with van der Waals surface area (Å²) in [6, 6.07) is 6.10. The molecule has 0 radical (unpaired) electrons. The van der Waals surface area contributed by atoms with Crippen LogP contribution < -0.4 is 20.4 Å². The van der Waals surface area contributed by atoms with Crippen LogP contribution in [0.25, 0.3) is 0 Å². The van der Waals surface area contributed by atoms with E-state index in [1.165, 1.54) is 30.3 Å². The van der Waals surface area contributed by atoms with Crippen LogP contribution in [-0.2, 0) is 24.0 Å². The summed E-state index contributed by atoms with van der Waals surface area (Å²) in [4.78, 5) is 87.8. The van der Waals surface area contributed by atoms with Gasteiger partial charge in [0.25, 0.3) is 17.7 Å². The highest BCUT2D eigenvalue weighted by Crippen LogP contribution is 2.33. The summed E-state index contributed by atoms with van der Waals surface area (Å²) in [5.74, 6) is -4.45. The zero-order chi connectivity index (χ0) is 29.6. The van der Waals surface area contributed by atoms with Crippen molar-refractivity contribution in [3.05, 3.63) is 58.0 Å². The van der Waals surface area contributed by atoms with E-state index in [9.17, 15) is 38.8 Å².